The Labute approximate surface area is 197 Å². The maximum atomic E-state index is 14.4. The number of carbonyl (C=O) groups is 1. The number of ether oxygens (including phenoxy) is 2. The van der Waals surface area contributed by atoms with Gasteiger partial charge in [-0.2, -0.15) is 22.7 Å². The molecule has 1 amide bonds. The number of methoxy groups -OCH3 is 1. The third-order valence-corrected chi connectivity index (χ3v) is 6.45. The molecule has 35 heavy (non-hydrogen) atoms. The number of rotatable bonds is 7. The molecule has 0 spiro atoms. The molecule has 1 aromatic carbocycles. The highest BCUT2D eigenvalue weighted by Crippen LogP contribution is 2.55. The Balaban J connectivity index is 2.01. The average molecular weight is 507 g/mol. The lowest BCUT2D eigenvalue weighted by atomic mass is 9.77. The van der Waals surface area contributed by atoms with Crippen LogP contribution in [-0.2, 0) is 23.0 Å². The first-order valence-electron chi connectivity index (χ1n) is 10.6. The summed E-state index contributed by atoms with van der Waals surface area (Å²) in [6.45, 7) is 1.50. The highest BCUT2D eigenvalue weighted by atomic mass is 19.4. The molecule has 1 fully saturated rings. The maximum Gasteiger partial charge on any atom is 0.417 e. The highest BCUT2D eigenvalue weighted by molar-refractivity contribution is 5.94. The van der Waals surface area contributed by atoms with Gasteiger partial charge in [0.2, 0.25) is 5.82 Å². The molecule has 3 N–H and O–H groups in total. The summed E-state index contributed by atoms with van der Waals surface area (Å²) in [6, 6.07) is 3.19. The van der Waals surface area contributed by atoms with E-state index in [1.54, 1.807) is 0 Å². The van der Waals surface area contributed by atoms with Gasteiger partial charge in [-0.3, -0.25) is 9.48 Å². The van der Waals surface area contributed by atoms with Crippen molar-refractivity contribution in [3.8, 4) is 5.75 Å². The van der Waals surface area contributed by atoms with Crippen LogP contribution in [-0.4, -0.2) is 63.6 Å². The lowest BCUT2D eigenvalue weighted by molar-refractivity contribution is -0.272. The summed E-state index contributed by atoms with van der Waals surface area (Å²) in [5.41, 5.74) is -2.50. The molecule has 194 valence electrons. The number of amides is 1. The molecule has 0 unspecified atom stereocenters. The van der Waals surface area contributed by atoms with Crippen LogP contribution in [0.1, 0.15) is 31.0 Å². The van der Waals surface area contributed by atoms with E-state index in [9.17, 15) is 31.9 Å². The van der Waals surface area contributed by atoms with Crippen molar-refractivity contribution < 1.29 is 46.4 Å². The van der Waals surface area contributed by atoms with Gasteiger partial charge in [0.1, 0.15) is 6.10 Å². The van der Waals surface area contributed by atoms with E-state index in [-0.39, 0.29) is 17.8 Å². The molecular formula is C22H26F5N3O5. The summed E-state index contributed by atoms with van der Waals surface area (Å²) in [5.74, 6) is -7.05. The zero-order valence-electron chi connectivity index (χ0n) is 19.4. The number of benzene rings is 1. The fourth-order valence-electron chi connectivity index (χ4n) is 4.30. The number of halogens is 5. The van der Waals surface area contributed by atoms with E-state index < -0.39 is 65.7 Å². The number of hydrogen-bond acceptors (Lipinski definition) is 6. The highest BCUT2D eigenvalue weighted by Gasteiger charge is 2.66. The quantitative estimate of drug-likeness (QED) is 0.498. The van der Waals surface area contributed by atoms with Gasteiger partial charge in [0.05, 0.1) is 19.8 Å². The van der Waals surface area contributed by atoms with Crippen LogP contribution >= 0.6 is 0 Å². The number of alkyl halides is 3. The van der Waals surface area contributed by atoms with E-state index in [1.165, 1.54) is 24.7 Å². The van der Waals surface area contributed by atoms with Crippen molar-refractivity contribution in [2.24, 2.45) is 13.0 Å². The zero-order chi connectivity index (χ0) is 26.3. The molecule has 13 heteroatoms. The molecule has 2 heterocycles. The van der Waals surface area contributed by atoms with Crippen molar-refractivity contribution in [2.75, 3.05) is 19.0 Å². The van der Waals surface area contributed by atoms with Gasteiger partial charge in [-0.15, -0.1) is 0 Å². The van der Waals surface area contributed by atoms with Crippen LogP contribution in [0.5, 0.6) is 5.75 Å². The Hall–Kier alpha value is -2.77. The largest absolute Gasteiger partial charge is 0.493 e. The number of aryl methyl sites for hydroxylation is 1. The van der Waals surface area contributed by atoms with Gasteiger partial charge in [0.25, 0.3) is 5.91 Å². The van der Waals surface area contributed by atoms with E-state index >= 15 is 0 Å². The minimum atomic E-state index is -4.88. The number of nitrogens with one attached hydrogen (secondary N) is 1. The first-order chi connectivity index (χ1) is 16.2. The molecule has 1 aliphatic heterocycles. The van der Waals surface area contributed by atoms with Gasteiger partial charge in [0.15, 0.2) is 23.0 Å². The molecule has 1 saturated heterocycles. The van der Waals surface area contributed by atoms with Gasteiger partial charge in [-0.25, -0.2) is 4.39 Å². The Kier molecular flexibility index (Phi) is 7.44. The van der Waals surface area contributed by atoms with E-state index in [1.807, 2.05) is 0 Å². The molecule has 1 aromatic heterocycles. The van der Waals surface area contributed by atoms with Crippen LogP contribution in [0.3, 0.4) is 0 Å². The van der Waals surface area contributed by atoms with E-state index in [0.717, 1.165) is 26.2 Å². The van der Waals surface area contributed by atoms with Crippen molar-refractivity contribution in [3.05, 3.63) is 41.1 Å². The number of aliphatic hydroxyl groups is 2. The fourth-order valence-corrected chi connectivity index (χ4v) is 4.30. The second-order valence-corrected chi connectivity index (χ2v) is 8.62. The molecule has 5 atom stereocenters. The Bertz CT molecular complexity index is 1090. The van der Waals surface area contributed by atoms with Crippen molar-refractivity contribution in [1.29, 1.82) is 0 Å². The predicted octanol–water partition coefficient (Wildman–Crippen LogP) is 2.68. The number of aromatic nitrogens is 2. The third-order valence-electron chi connectivity index (χ3n) is 6.45. The van der Waals surface area contributed by atoms with Crippen LogP contribution < -0.4 is 10.1 Å². The van der Waals surface area contributed by atoms with Crippen molar-refractivity contribution >= 4 is 11.7 Å². The summed E-state index contributed by atoms with van der Waals surface area (Å²) in [6.07, 6.45) is -7.72. The topological polar surface area (TPSA) is 106 Å². The molecule has 2 aromatic rings. The van der Waals surface area contributed by atoms with E-state index in [2.05, 4.69) is 10.4 Å². The van der Waals surface area contributed by atoms with E-state index in [0.29, 0.717) is 5.69 Å². The second-order valence-electron chi connectivity index (χ2n) is 8.62. The van der Waals surface area contributed by atoms with Gasteiger partial charge in [-0.05, 0) is 13.0 Å². The average Bonchev–Trinajstić information content (AvgIpc) is 3.26. The standard InChI is InChI=1S/C22H26F5N3O5/c1-10-16(13-5-6-14(23)17(24)18(13)34-4)19(35-21(10,2)22(25,26)27)20(33)28-15-8-11(30(3)29-15)7-12(32)9-31/h5-6,8,10,12,16,19,31-32H,7,9H2,1-4H3,(H,28,29,33)/t10-,12-,16-,19+,21+/m0/s1. The maximum absolute atomic E-state index is 14.4. The number of hydrogen-bond donors (Lipinski definition) is 3. The first-order valence-corrected chi connectivity index (χ1v) is 10.6. The number of anilines is 1. The summed E-state index contributed by atoms with van der Waals surface area (Å²) >= 11 is 0. The van der Waals surface area contributed by atoms with E-state index in [4.69, 9.17) is 14.6 Å². The summed E-state index contributed by atoms with van der Waals surface area (Å²) in [4.78, 5) is 13.2. The minimum Gasteiger partial charge on any atom is -0.493 e. The smallest absolute Gasteiger partial charge is 0.417 e. The Morgan fingerprint density at radius 2 is 2.03 bits per heavy atom. The minimum absolute atomic E-state index is 0.00760. The molecule has 1 aliphatic rings. The SMILES string of the molecule is COc1c([C@H]2[C@H](C(=O)Nc3cc(C[C@H](O)CO)n(C)n3)O[C@@](C)(C(F)(F)F)[C@H]2C)ccc(F)c1F. The van der Waals surface area contributed by atoms with Gasteiger partial charge >= 0.3 is 6.18 Å². The number of aliphatic hydroxyl groups excluding tert-OH is 2. The molecule has 0 aliphatic carbocycles. The van der Waals surface area contributed by atoms with Crippen LogP contribution in [0.25, 0.3) is 0 Å². The molecule has 8 nitrogen and oxygen atoms in total. The predicted molar refractivity (Wildman–Crippen MR) is 113 cm³/mol. The summed E-state index contributed by atoms with van der Waals surface area (Å²) in [5, 5.41) is 25.1. The monoisotopic (exact) mass is 507 g/mol. The second kappa shape index (κ2) is 9.70. The van der Waals surface area contributed by atoms with Crippen LogP contribution in [0, 0.1) is 17.6 Å². The Morgan fingerprint density at radius 3 is 2.60 bits per heavy atom. The Morgan fingerprint density at radius 1 is 1.37 bits per heavy atom. The first kappa shape index (κ1) is 26.8. The van der Waals surface area contributed by atoms with Crippen LogP contribution in [0.15, 0.2) is 18.2 Å². The van der Waals surface area contributed by atoms with Crippen molar-refractivity contribution in [2.45, 2.75) is 50.2 Å². The van der Waals surface area contributed by atoms with Crippen molar-refractivity contribution in [1.82, 2.24) is 9.78 Å². The lowest BCUT2D eigenvalue weighted by Crippen LogP contribution is -2.47. The number of carbonyl (C=O) groups excluding carboxylic acids is 1. The van der Waals surface area contributed by atoms with Gasteiger partial charge in [0, 0.05) is 42.6 Å². The van der Waals surface area contributed by atoms with Gasteiger partial charge in [-0.1, -0.05) is 13.0 Å². The third kappa shape index (κ3) is 4.84. The summed E-state index contributed by atoms with van der Waals surface area (Å²) < 4.78 is 81.8. The molecule has 0 saturated carbocycles. The summed E-state index contributed by atoms with van der Waals surface area (Å²) in [7, 11) is 2.55. The van der Waals surface area contributed by atoms with Crippen LogP contribution in [0.4, 0.5) is 27.8 Å². The molecule has 0 radical (unpaired) electrons. The molecular weight excluding hydrogens is 481 g/mol. The normalized spacial score (nSPS) is 25.5. The van der Waals surface area contributed by atoms with Crippen molar-refractivity contribution in [3.63, 3.8) is 0 Å². The van der Waals surface area contributed by atoms with Crippen LogP contribution in [0.2, 0.25) is 0 Å². The van der Waals surface area contributed by atoms with Gasteiger partial charge < -0.3 is 25.0 Å². The molecule has 3 rings (SSSR count). The number of nitrogens with zero attached hydrogens (tertiary/aromatic N) is 2. The molecule has 0 bridgehead atoms. The lowest BCUT2D eigenvalue weighted by Gasteiger charge is -2.32. The fraction of sp³-hybridized carbons (Fsp3) is 0.545. The zero-order valence-corrected chi connectivity index (χ0v) is 19.4.